The summed E-state index contributed by atoms with van der Waals surface area (Å²) in [6.45, 7) is 5.89. The third-order valence-corrected chi connectivity index (χ3v) is 5.60. The monoisotopic (exact) mass is 331 g/mol. The van der Waals surface area contributed by atoms with E-state index < -0.39 is 10.0 Å². The molecule has 0 bridgehead atoms. The molecule has 1 N–H and O–H groups in total. The van der Waals surface area contributed by atoms with E-state index in [0.717, 1.165) is 30.0 Å². The molecule has 0 radical (unpaired) electrons. The topological polar surface area (TPSA) is 62.3 Å². The van der Waals surface area contributed by atoms with Gasteiger partial charge >= 0.3 is 0 Å². The first-order valence-electron chi connectivity index (χ1n) is 7.77. The average molecular weight is 331 g/mol. The average Bonchev–Trinajstić information content (AvgIpc) is 3.04. The van der Waals surface area contributed by atoms with E-state index in [1.807, 2.05) is 26.0 Å². The Balaban J connectivity index is 1.78. The Morgan fingerprint density at radius 3 is 2.39 bits per heavy atom. The number of hydrogen-bond donors (Lipinski definition) is 1. The number of benzene rings is 1. The molecule has 3 rings (SSSR count). The van der Waals surface area contributed by atoms with Gasteiger partial charge in [-0.1, -0.05) is 6.07 Å². The van der Waals surface area contributed by atoms with Gasteiger partial charge in [0.2, 0.25) is 0 Å². The standard InChI is InChI=1S/C17H21N3O2S/c1-13-5-7-16(11-14(13)2)23(21,22)19-15-6-8-17(18-12-15)20-9-3-4-10-20/h5-8,11-12,19H,3-4,9-10H2,1-2H3. The molecular weight excluding hydrogens is 310 g/mol. The van der Waals surface area contributed by atoms with Crippen molar-refractivity contribution in [3.8, 4) is 0 Å². The van der Waals surface area contributed by atoms with Crippen molar-refractivity contribution in [1.29, 1.82) is 0 Å². The zero-order valence-corrected chi connectivity index (χ0v) is 14.2. The molecular formula is C17H21N3O2S. The molecule has 1 aliphatic heterocycles. The Hall–Kier alpha value is -2.08. The van der Waals surface area contributed by atoms with Crippen LogP contribution < -0.4 is 9.62 Å². The first-order valence-corrected chi connectivity index (χ1v) is 9.25. The van der Waals surface area contributed by atoms with E-state index in [4.69, 9.17) is 0 Å². The molecule has 0 saturated carbocycles. The first-order chi connectivity index (χ1) is 11.0. The number of sulfonamides is 1. The fourth-order valence-electron chi connectivity index (χ4n) is 2.67. The highest BCUT2D eigenvalue weighted by atomic mass is 32.2. The van der Waals surface area contributed by atoms with Gasteiger partial charge in [-0.15, -0.1) is 0 Å². The number of nitrogens with zero attached hydrogens (tertiary/aromatic N) is 2. The summed E-state index contributed by atoms with van der Waals surface area (Å²) >= 11 is 0. The maximum absolute atomic E-state index is 12.5. The number of hydrogen-bond acceptors (Lipinski definition) is 4. The second-order valence-electron chi connectivity index (χ2n) is 5.95. The first kappa shape index (κ1) is 15.8. The minimum atomic E-state index is -3.59. The number of anilines is 2. The van der Waals surface area contributed by atoms with Crippen molar-refractivity contribution in [1.82, 2.24) is 4.98 Å². The second-order valence-corrected chi connectivity index (χ2v) is 7.63. The van der Waals surface area contributed by atoms with E-state index >= 15 is 0 Å². The molecule has 2 heterocycles. The van der Waals surface area contributed by atoms with Crippen molar-refractivity contribution in [2.24, 2.45) is 0 Å². The van der Waals surface area contributed by atoms with Crippen molar-refractivity contribution in [2.75, 3.05) is 22.7 Å². The van der Waals surface area contributed by atoms with Crippen LogP contribution in [0.1, 0.15) is 24.0 Å². The predicted molar refractivity (Wildman–Crippen MR) is 92.4 cm³/mol. The third kappa shape index (κ3) is 3.47. The second kappa shape index (κ2) is 6.20. The lowest BCUT2D eigenvalue weighted by Crippen LogP contribution is -2.19. The van der Waals surface area contributed by atoms with Crippen molar-refractivity contribution >= 4 is 21.5 Å². The summed E-state index contributed by atoms with van der Waals surface area (Å²) in [6.07, 6.45) is 3.94. The van der Waals surface area contributed by atoms with E-state index in [9.17, 15) is 8.42 Å². The van der Waals surface area contributed by atoms with Gasteiger partial charge in [-0.05, 0) is 62.1 Å². The van der Waals surface area contributed by atoms with E-state index in [-0.39, 0.29) is 4.90 Å². The van der Waals surface area contributed by atoms with Crippen molar-refractivity contribution in [3.63, 3.8) is 0 Å². The zero-order valence-electron chi connectivity index (χ0n) is 13.4. The summed E-state index contributed by atoms with van der Waals surface area (Å²) in [6, 6.07) is 8.75. The molecule has 0 aliphatic carbocycles. The van der Waals surface area contributed by atoms with Gasteiger partial charge in [0.25, 0.3) is 10.0 Å². The van der Waals surface area contributed by atoms with Crippen LogP contribution >= 0.6 is 0 Å². The van der Waals surface area contributed by atoms with Gasteiger partial charge in [-0.25, -0.2) is 13.4 Å². The summed E-state index contributed by atoms with van der Waals surface area (Å²) in [7, 11) is -3.59. The van der Waals surface area contributed by atoms with Crippen molar-refractivity contribution in [2.45, 2.75) is 31.6 Å². The van der Waals surface area contributed by atoms with Crippen LogP contribution in [0.4, 0.5) is 11.5 Å². The normalized spacial score (nSPS) is 15.0. The Bertz CT molecular complexity index is 795. The maximum atomic E-state index is 12.5. The highest BCUT2D eigenvalue weighted by molar-refractivity contribution is 7.92. The molecule has 0 amide bonds. The molecule has 1 saturated heterocycles. The van der Waals surface area contributed by atoms with Crippen LogP contribution in [0.5, 0.6) is 0 Å². The van der Waals surface area contributed by atoms with Crippen LogP contribution in [0.2, 0.25) is 0 Å². The number of aryl methyl sites for hydroxylation is 2. The quantitative estimate of drug-likeness (QED) is 0.935. The number of rotatable bonds is 4. The molecule has 122 valence electrons. The lowest BCUT2D eigenvalue weighted by molar-refractivity contribution is 0.601. The Morgan fingerprint density at radius 1 is 1.04 bits per heavy atom. The van der Waals surface area contributed by atoms with Gasteiger partial charge in [0.1, 0.15) is 5.82 Å². The summed E-state index contributed by atoms with van der Waals surface area (Å²) in [4.78, 5) is 6.85. The van der Waals surface area contributed by atoms with Crippen LogP contribution in [0.25, 0.3) is 0 Å². The molecule has 0 unspecified atom stereocenters. The molecule has 1 aromatic carbocycles. The lowest BCUT2D eigenvalue weighted by Gasteiger charge is -2.16. The Morgan fingerprint density at radius 2 is 1.78 bits per heavy atom. The van der Waals surface area contributed by atoms with Crippen LogP contribution in [-0.4, -0.2) is 26.5 Å². The number of nitrogens with one attached hydrogen (secondary N) is 1. The Kier molecular flexibility index (Phi) is 4.26. The van der Waals surface area contributed by atoms with Gasteiger partial charge in [-0.3, -0.25) is 4.72 Å². The SMILES string of the molecule is Cc1ccc(S(=O)(=O)Nc2ccc(N3CCCC3)nc2)cc1C. The van der Waals surface area contributed by atoms with Crippen molar-refractivity contribution < 1.29 is 8.42 Å². The predicted octanol–water partition coefficient (Wildman–Crippen LogP) is 3.10. The Labute approximate surface area is 137 Å². The molecule has 1 aliphatic rings. The van der Waals surface area contributed by atoms with Crippen LogP contribution in [0, 0.1) is 13.8 Å². The van der Waals surface area contributed by atoms with Crippen LogP contribution in [-0.2, 0) is 10.0 Å². The van der Waals surface area contributed by atoms with Gasteiger partial charge in [0.05, 0.1) is 16.8 Å². The number of pyridine rings is 1. The van der Waals surface area contributed by atoms with Gasteiger partial charge in [-0.2, -0.15) is 0 Å². The fraction of sp³-hybridized carbons (Fsp3) is 0.353. The molecule has 0 atom stereocenters. The van der Waals surface area contributed by atoms with Crippen molar-refractivity contribution in [3.05, 3.63) is 47.7 Å². The highest BCUT2D eigenvalue weighted by Gasteiger charge is 2.16. The molecule has 1 fully saturated rings. The highest BCUT2D eigenvalue weighted by Crippen LogP contribution is 2.22. The molecule has 5 nitrogen and oxygen atoms in total. The zero-order chi connectivity index (χ0) is 16.4. The summed E-state index contributed by atoms with van der Waals surface area (Å²) < 4.78 is 27.5. The van der Waals surface area contributed by atoms with Gasteiger partial charge in [0, 0.05) is 13.1 Å². The summed E-state index contributed by atoms with van der Waals surface area (Å²) in [5.74, 6) is 0.900. The van der Waals surface area contributed by atoms with Crippen LogP contribution in [0.15, 0.2) is 41.4 Å². The fourth-order valence-corrected chi connectivity index (χ4v) is 3.80. The van der Waals surface area contributed by atoms with E-state index in [1.54, 1.807) is 24.4 Å². The smallest absolute Gasteiger partial charge is 0.261 e. The van der Waals surface area contributed by atoms with E-state index in [1.165, 1.54) is 12.8 Å². The minimum Gasteiger partial charge on any atom is -0.357 e. The largest absolute Gasteiger partial charge is 0.357 e. The molecule has 6 heteroatoms. The molecule has 23 heavy (non-hydrogen) atoms. The van der Waals surface area contributed by atoms with E-state index in [0.29, 0.717) is 5.69 Å². The molecule has 2 aromatic rings. The number of aromatic nitrogens is 1. The van der Waals surface area contributed by atoms with Gasteiger partial charge < -0.3 is 4.90 Å². The van der Waals surface area contributed by atoms with E-state index in [2.05, 4.69) is 14.6 Å². The molecule has 1 aromatic heterocycles. The summed E-state index contributed by atoms with van der Waals surface area (Å²) in [5.41, 5.74) is 2.50. The lowest BCUT2D eigenvalue weighted by atomic mass is 10.1. The maximum Gasteiger partial charge on any atom is 0.261 e. The third-order valence-electron chi connectivity index (χ3n) is 4.22. The summed E-state index contributed by atoms with van der Waals surface area (Å²) in [5, 5.41) is 0. The minimum absolute atomic E-state index is 0.268. The molecule has 0 spiro atoms. The van der Waals surface area contributed by atoms with Crippen LogP contribution in [0.3, 0.4) is 0 Å². The van der Waals surface area contributed by atoms with Gasteiger partial charge in [0.15, 0.2) is 0 Å².